The number of ether oxygens (including phenoxy) is 3. The fourth-order valence-electron chi connectivity index (χ4n) is 5.87. The first-order valence-electron chi connectivity index (χ1n) is 13.8. The second kappa shape index (κ2) is 12.3. The van der Waals surface area contributed by atoms with Gasteiger partial charge in [0.15, 0.2) is 11.5 Å². The largest absolute Gasteiger partial charge is 0.493 e. The van der Waals surface area contributed by atoms with Crippen molar-refractivity contribution in [2.24, 2.45) is 0 Å². The Balaban J connectivity index is 1.59. The lowest BCUT2D eigenvalue weighted by molar-refractivity contribution is -0.137. The van der Waals surface area contributed by atoms with E-state index < -0.39 is 53.8 Å². The first kappa shape index (κ1) is 30.5. The van der Waals surface area contributed by atoms with Crippen LogP contribution in [0.25, 0.3) is 0 Å². The molecule has 2 heterocycles. The Morgan fingerprint density at radius 1 is 1.21 bits per heavy atom. The van der Waals surface area contributed by atoms with E-state index in [9.17, 15) is 37.8 Å². The lowest BCUT2D eigenvalue weighted by Crippen LogP contribution is -2.57. The van der Waals surface area contributed by atoms with Crippen LogP contribution in [0.3, 0.4) is 0 Å². The molecule has 5 atom stereocenters. The number of alkyl halides is 3. The summed E-state index contributed by atoms with van der Waals surface area (Å²) in [7, 11) is 1.38. The Morgan fingerprint density at radius 2 is 1.95 bits per heavy atom. The van der Waals surface area contributed by atoms with Gasteiger partial charge in [-0.25, -0.2) is 0 Å². The van der Waals surface area contributed by atoms with Crippen molar-refractivity contribution in [3.63, 3.8) is 0 Å². The number of fused-ring (bicyclic) bond motifs is 3. The predicted octanol–water partition coefficient (Wildman–Crippen LogP) is 2.47. The van der Waals surface area contributed by atoms with Gasteiger partial charge in [0.1, 0.15) is 18.5 Å². The number of aliphatic hydroxyl groups is 2. The van der Waals surface area contributed by atoms with Gasteiger partial charge in [-0.05, 0) is 55.3 Å². The summed E-state index contributed by atoms with van der Waals surface area (Å²) in [6, 6.07) is 5.59. The highest BCUT2D eigenvalue weighted by atomic mass is 19.4. The average molecular weight is 605 g/mol. The number of methoxy groups -OCH3 is 1. The summed E-state index contributed by atoms with van der Waals surface area (Å²) < 4.78 is 56.9. The van der Waals surface area contributed by atoms with Crippen LogP contribution in [0.2, 0.25) is 0 Å². The number of nitrogens with zero attached hydrogens (tertiary/aromatic N) is 1. The van der Waals surface area contributed by atoms with Gasteiger partial charge in [0, 0.05) is 42.0 Å². The van der Waals surface area contributed by atoms with Gasteiger partial charge in [-0.15, -0.1) is 0 Å². The first-order valence-corrected chi connectivity index (χ1v) is 13.8. The number of carbonyl (C=O) groups excluding carboxylic acids is 3. The minimum absolute atomic E-state index is 0.00737. The van der Waals surface area contributed by atoms with Gasteiger partial charge in [0.25, 0.3) is 5.91 Å². The Labute approximate surface area is 245 Å². The summed E-state index contributed by atoms with van der Waals surface area (Å²) in [6.45, 7) is 0.0443. The van der Waals surface area contributed by atoms with Gasteiger partial charge in [0.05, 0.1) is 37.3 Å². The van der Waals surface area contributed by atoms with Crippen LogP contribution in [0.5, 0.6) is 11.5 Å². The topological polar surface area (TPSA) is 135 Å². The number of carbonyl (C=O) groups is 3. The van der Waals surface area contributed by atoms with Crippen molar-refractivity contribution in [1.29, 1.82) is 0 Å². The molecule has 3 N–H and O–H groups in total. The number of rotatable bonds is 9. The molecule has 1 saturated heterocycles. The number of hydrogen-bond acceptors (Lipinski definition) is 8. The molecule has 43 heavy (non-hydrogen) atoms. The molecule has 3 aliphatic rings. The van der Waals surface area contributed by atoms with Crippen molar-refractivity contribution in [2.45, 2.75) is 49.3 Å². The monoisotopic (exact) mass is 604 g/mol. The third-order valence-corrected chi connectivity index (χ3v) is 7.92. The molecule has 2 aromatic rings. The Morgan fingerprint density at radius 3 is 2.56 bits per heavy atom. The molecule has 10 nitrogen and oxygen atoms in total. The summed E-state index contributed by atoms with van der Waals surface area (Å²) in [5, 5.41) is 23.6. The minimum Gasteiger partial charge on any atom is -0.493 e. The van der Waals surface area contributed by atoms with Gasteiger partial charge in [-0.3, -0.25) is 14.4 Å². The number of hydrogen-bond donors (Lipinski definition) is 3. The van der Waals surface area contributed by atoms with E-state index in [1.807, 2.05) is 0 Å². The van der Waals surface area contributed by atoms with E-state index in [0.29, 0.717) is 24.9 Å². The number of nitrogens with one attached hydrogen (secondary N) is 1. The number of aliphatic hydroxyl groups excluding tert-OH is 2. The molecule has 2 aliphatic heterocycles. The standard InChI is InChI=1S/C30H31F3N2O8/c1-41-23-12-16(15-37)11-20-24-21(28(39)34-8-9-36)13-22(25(38)27(24)43-26(20)23)35(14-19-3-2-10-42-19)29(40)17-4-6-18(7-5-17)30(31,32)33/h4-7,11-13,15,19,22,24-25,27,36,38H,2-3,8-10,14H2,1H3,(H,34,39). The van der Waals surface area contributed by atoms with E-state index in [1.165, 1.54) is 30.2 Å². The maximum Gasteiger partial charge on any atom is 0.416 e. The summed E-state index contributed by atoms with van der Waals surface area (Å²) in [6.07, 6.45) is -4.08. The van der Waals surface area contributed by atoms with Crippen LogP contribution in [0.15, 0.2) is 48.0 Å². The average Bonchev–Trinajstić information content (AvgIpc) is 3.66. The minimum atomic E-state index is -4.59. The zero-order valence-electron chi connectivity index (χ0n) is 23.2. The molecule has 0 saturated carbocycles. The summed E-state index contributed by atoms with van der Waals surface area (Å²) >= 11 is 0. The molecule has 0 aromatic heterocycles. The van der Waals surface area contributed by atoms with Gasteiger partial charge in [0.2, 0.25) is 5.91 Å². The Hall–Kier alpha value is -3.94. The van der Waals surface area contributed by atoms with Gasteiger partial charge >= 0.3 is 6.18 Å². The molecule has 2 amide bonds. The highest BCUT2D eigenvalue weighted by molar-refractivity contribution is 5.98. The molecular formula is C30H31F3N2O8. The van der Waals surface area contributed by atoms with Crippen LogP contribution in [-0.4, -0.2) is 91.0 Å². The maximum absolute atomic E-state index is 13.9. The van der Waals surface area contributed by atoms with E-state index in [-0.39, 0.29) is 47.9 Å². The van der Waals surface area contributed by atoms with Gasteiger partial charge in [-0.2, -0.15) is 13.2 Å². The van der Waals surface area contributed by atoms with E-state index >= 15 is 0 Å². The quantitative estimate of drug-likeness (QED) is 0.372. The van der Waals surface area contributed by atoms with Crippen LogP contribution in [0.4, 0.5) is 13.2 Å². The molecule has 5 rings (SSSR count). The van der Waals surface area contributed by atoms with Crippen LogP contribution >= 0.6 is 0 Å². The van der Waals surface area contributed by atoms with Crippen LogP contribution in [0, 0.1) is 0 Å². The Kier molecular flexibility index (Phi) is 8.76. The fourth-order valence-corrected chi connectivity index (χ4v) is 5.87. The molecule has 0 bridgehead atoms. The summed E-state index contributed by atoms with van der Waals surface area (Å²) in [5.74, 6) is -1.69. The lowest BCUT2D eigenvalue weighted by atomic mass is 9.77. The van der Waals surface area contributed by atoms with E-state index in [2.05, 4.69) is 5.32 Å². The fraction of sp³-hybridized carbons (Fsp3) is 0.433. The Bertz CT molecular complexity index is 1410. The molecule has 1 aliphatic carbocycles. The number of halogens is 3. The van der Waals surface area contributed by atoms with E-state index in [0.717, 1.165) is 30.7 Å². The van der Waals surface area contributed by atoms with E-state index in [4.69, 9.17) is 14.2 Å². The zero-order chi connectivity index (χ0) is 30.9. The van der Waals surface area contributed by atoms with Crippen molar-refractivity contribution in [3.05, 3.63) is 70.3 Å². The van der Waals surface area contributed by atoms with E-state index in [1.54, 1.807) is 0 Å². The molecule has 13 heteroatoms. The number of benzene rings is 2. The molecule has 1 fully saturated rings. The third-order valence-electron chi connectivity index (χ3n) is 7.92. The van der Waals surface area contributed by atoms with Crippen LogP contribution < -0.4 is 14.8 Å². The van der Waals surface area contributed by atoms with Gasteiger partial charge < -0.3 is 34.6 Å². The molecule has 5 unspecified atom stereocenters. The smallest absolute Gasteiger partial charge is 0.416 e. The zero-order valence-corrected chi connectivity index (χ0v) is 23.2. The normalized spacial score (nSPS) is 24.3. The number of amides is 2. The second-order valence-electron chi connectivity index (χ2n) is 10.6. The second-order valence-corrected chi connectivity index (χ2v) is 10.6. The van der Waals surface area contributed by atoms with Crippen LogP contribution in [0.1, 0.15) is 50.6 Å². The highest BCUT2D eigenvalue weighted by Crippen LogP contribution is 2.51. The highest BCUT2D eigenvalue weighted by Gasteiger charge is 2.52. The SMILES string of the molecule is COc1cc(C=O)cc2c1OC1C2C(C(=O)NCCO)=CC(N(CC2CCCO2)C(=O)c2ccc(C(F)(F)F)cc2)C1O. The molecule has 0 radical (unpaired) electrons. The lowest BCUT2D eigenvalue weighted by Gasteiger charge is -2.41. The van der Waals surface area contributed by atoms with Crippen molar-refractivity contribution in [1.82, 2.24) is 10.2 Å². The van der Waals surface area contributed by atoms with Crippen molar-refractivity contribution >= 4 is 18.1 Å². The molecule has 2 aromatic carbocycles. The number of aldehydes is 1. The van der Waals surface area contributed by atoms with Crippen molar-refractivity contribution in [3.8, 4) is 11.5 Å². The van der Waals surface area contributed by atoms with Crippen LogP contribution in [-0.2, 0) is 15.7 Å². The third kappa shape index (κ3) is 5.97. The summed E-state index contributed by atoms with van der Waals surface area (Å²) in [5.41, 5.74) is -0.167. The first-order chi connectivity index (χ1) is 20.6. The molecule has 230 valence electrons. The summed E-state index contributed by atoms with van der Waals surface area (Å²) in [4.78, 5) is 40.3. The van der Waals surface area contributed by atoms with Gasteiger partial charge in [-0.1, -0.05) is 0 Å². The van der Waals surface area contributed by atoms with Crippen molar-refractivity contribution < 1.29 is 52.0 Å². The molecule has 0 spiro atoms. The predicted molar refractivity (Wildman–Crippen MR) is 145 cm³/mol. The maximum atomic E-state index is 13.9. The molecular weight excluding hydrogens is 573 g/mol. The van der Waals surface area contributed by atoms with Crippen molar-refractivity contribution in [2.75, 3.05) is 33.4 Å².